The van der Waals surface area contributed by atoms with Gasteiger partial charge in [0.1, 0.15) is 0 Å². The maximum atomic E-state index is 11.9. The summed E-state index contributed by atoms with van der Waals surface area (Å²) in [5.74, 6) is 0.0868. The highest BCUT2D eigenvalue weighted by molar-refractivity contribution is 7.92. The number of benzene rings is 1. The van der Waals surface area contributed by atoms with Crippen LogP contribution in [-0.2, 0) is 16.6 Å². The van der Waals surface area contributed by atoms with Gasteiger partial charge < -0.3 is 10.3 Å². The van der Waals surface area contributed by atoms with Gasteiger partial charge >= 0.3 is 0 Å². The molecule has 7 heteroatoms. The monoisotopic (exact) mass is 335 g/mol. The van der Waals surface area contributed by atoms with Gasteiger partial charge in [-0.25, -0.2) is 8.42 Å². The highest BCUT2D eigenvalue weighted by Gasteiger charge is 2.11. The van der Waals surface area contributed by atoms with E-state index in [0.29, 0.717) is 24.2 Å². The number of sulfonamides is 1. The van der Waals surface area contributed by atoms with Crippen LogP contribution in [0.4, 0.5) is 11.4 Å². The number of hydrogen-bond acceptors (Lipinski definition) is 4. The smallest absolute Gasteiger partial charge is 0.252 e. The van der Waals surface area contributed by atoms with Crippen molar-refractivity contribution in [2.45, 2.75) is 26.8 Å². The van der Waals surface area contributed by atoms with Crippen molar-refractivity contribution >= 4 is 21.4 Å². The first-order valence-electron chi connectivity index (χ1n) is 7.43. The zero-order chi connectivity index (χ0) is 16.9. The summed E-state index contributed by atoms with van der Waals surface area (Å²) < 4.78 is 26.4. The fourth-order valence-corrected chi connectivity index (χ4v) is 3.32. The lowest BCUT2D eigenvalue weighted by Crippen LogP contribution is -2.17. The summed E-state index contributed by atoms with van der Waals surface area (Å²) in [6.07, 6.45) is 2.14. The van der Waals surface area contributed by atoms with E-state index in [1.165, 1.54) is 0 Å². The second kappa shape index (κ2) is 7.32. The molecule has 0 atom stereocenters. The molecule has 0 aliphatic heterocycles. The zero-order valence-corrected chi connectivity index (χ0v) is 14.0. The molecule has 0 saturated heterocycles. The number of hydrogen-bond donors (Lipinski definition) is 3. The van der Waals surface area contributed by atoms with Crippen LogP contribution in [0.25, 0.3) is 0 Å². The average molecular weight is 335 g/mol. The second-order valence-electron chi connectivity index (χ2n) is 5.33. The zero-order valence-electron chi connectivity index (χ0n) is 13.2. The molecule has 124 valence electrons. The number of aromatic amines is 1. The number of nitrogens with one attached hydrogen (secondary N) is 3. The predicted octanol–water partition coefficient (Wildman–Crippen LogP) is 2.45. The number of pyridine rings is 1. The maximum Gasteiger partial charge on any atom is 0.252 e. The third kappa shape index (κ3) is 4.85. The van der Waals surface area contributed by atoms with E-state index in [1.807, 2.05) is 26.0 Å². The molecule has 2 aromatic rings. The van der Waals surface area contributed by atoms with Crippen molar-refractivity contribution < 1.29 is 8.42 Å². The van der Waals surface area contributed by atoms with Crippen LogP contribution in [0.1, 0.15) is 24.5 Å². The van der Waals surface area contributed by atoms with Crippen LogP contribution in [0.5, 0.6) is 0 Å². The molecule has 0 amide bonds. The normalized spacial score (nSPS) is 11.2. The van der Waals surface area contributed by atoms with Crippen LogP contribution in [-0.4, -0.2) is 19.2 Å². The summed E-state index contributed by atoms with van der Waals surface area (Å²) in [7, 11) is -3.33. The summed E-state index contributed by atoms with van der Waals surface area (Å²) in [5.41, 5.74) is 2.60. The molecule has 3 N–H and O–H groups in total. The molecular formula is C16H21N3O3S. The van der Waals surface area contributed by atoms with E-state index in [4.69, 9.17) is 0 Å². The van der Waals surface area contributed by atoms with Crippen molar-refractivity contribution in [2.24, 2.45) is 0 Å². The summed E-state index contributed by atoms with van der Waals surface area (Å²) in [6, 6.07) is 8.92. The lowest BCUT2D eigenvalue weighted by molar-refractivity contribution is 0.600. The van der Waals surface area contributed by atoms with Crippen LogP contribution in [0.3, 0.4) is 0 Å². The van der Waals surface area contributed by atoms with Crippen LogP contribution >= 0.6 is 0 Å². The molecule has 0 saturated carbocycles. The molecule has 1 aromatic carbocycles. The molecule has 0 fully saturated rings. The number of H-pyrrole nitrogens is 1. The first kappa shape index (κ1) is 17.1. The van der Waals surface area contributed by atoms with E-state index in [1.54, 1.807) is 24.4 Å². The van der Waals surface area contributed by atoms with Gasteiger partial charge in [0.15, 0.2) is 0 Å². The van der Waals surface area contributed by atoms with Crippen LogP contribution < -0.4 is 15.6 Å². The Hall–Kier alpha value is -2.28. The molecule has 1 heterocycles. The molecule has 2 rings (SSSR count). The van der Waals surface area contributed by atoms with Gasteiger partial charge in [-0.3, -0.25) is 9.52 Å². The highest BCUT2D eigenvalue weighted by Crippen LogP contribution is 2.22. The van der Waals surface area contributed by atoms with E-state index < -0.39 is 10.0 Å². The molecule has 0 spiro atoms. The van der Waals surface area contributed by atoms with Crippen molar-refractivity contribution in [1.29, 1.82) is 0 Å². The van der Waals surface area contributed by atoms with Crippen molar-refractivity contribution in [3.8, 4) is 0 Å². The SMILES string of the molecule is CCCS(=O)(=O)Nc1cc(NCc2ccc[nH]c2=O)ccc1C. The fraction of sp³-hybridized carbons (Fsp3) is 0.312. The molecular weight excluding hydrogens is 314 g/mol. The third-order valence-corrected chi connectivity index (χ3v) is 4.84. The topological polar surface area (TPSA) is 91.1 Å². The fourth-order valence-electron chi connectivity index (χ4n) is 2.12. The maximum absolute atomic E-state index is 11.9. The molecule has 1 aromatic heterocycles. The second-order valence-corrected chi connectivity index (χ2v) is 7.17. The van der Waals surface area contributed by atoms with Gasteiger partial charge in [-0.2, -0.15) is 0 Å². The van der Waals surface area contributed by atoms with E-state index in [9.17, 15) is 13.2 Å². The van der Waals surface area contributed by atoms with Gasteiger partial charge in [0.05, 0.1) is 11.4 Å². The van der Waals surface area contributed by atoms with E-state index >= 15 is 0 Å². The lowest BCUT2D eigenvalue weighted by atomic mass is 10.2. The molecule has 6 nitrogen and oxygen atoms in total. The molecule has 23 heavy (non-hydrogen) atoms. The van der Waals surface area contributed by atoms with Gasteiger partial charge in [-0.15, -0.1) is 0 Å². The standard InChI is InChI=1S/C16H21N3O3S/c1-3-9-23(21,22)19-15-10-14(7-6-12(15)2)18-11-13-5-4-8-17-16(13)20/h4-8,10,18-19H,3,9,11H2,1-2H3,(H,17,20). The Morgan fingerprint density at radius 1 is 1.22 bits per heavy atom. The Labute approximate surface area is 136 Å². The minimum absolute atomic E-state index is 0.0868. The summed E-state index contributed by atoms with van der Waals surface area (Å²) in [6.45, 7) is 4.03. The molecule has 0 unspecified atom stereocenters. The van der Waals surface area contributed by atoms with Crippen LogP contribution in [0.15, 0.2) is 41.3 Å². The first-order chi connectivity index (χ1) is 10.9. The number of anilines is 2. The van der Waals surface area contributed by atoms with Crippen molar-refractivity contribution in [1.82, 2.24) is 4.98 Å². The summed E-state index contributed by atoms with van der Waals surface area (Å²) >= 11 is 0. The van der Waals surface area contributed by atoms with Crippen LogP contribution in [0, 0.1) is 6.92 Å². The lowest BCUT2D eigenvalue weighted by Gasteiger charge is -2.13. The number of aromatic nitrogens is 1. The Morgan fingerprint density at radius 3 is 2.70 bits per heavy atom. The minimum atomic E-state index is -3.33. The summed E-state index contributed by atoms with van der Waals surface area (Å²) in [5, 5.41) is 3.13. The van der Waals surface area contributed by atoms with Crippen molar-refractivity contribution in [3.05, 3.63) is 58.0 Å². The highest BCUT2D eigenvalue weighted by atomic mass is 32.2. The Kier molecular flexibility index (Phi) is 5.44. The Bertz CT molecular complexity index is 828. The third-order valence-electron chi connectivity index (χ3n) is 3.36. The minimum Gasteiger partial charge on any atom is -0.381 e. The average Bonchev–Trinajstić information content (AvgIpc) is 2.49. The van der Waals surface area contributed by atoms with E-state index in [0.717, 1.165) is 11.3 Å². The Morgan fingerprint density at radius 2 is 2.00 bits per heavy atom. The predicted molar refractivity (Wildman–Crippen MR) is 93.3 cm³/mol. The quantitative estimate of drug-likeness (QED) is 0.725. The number of rotatable bonds is 7. The van der Waals surface area contributed by atoms with Gasteiger partial charge in [-0.1, -0.05) is 19.1 Å². The molecule has 0 aliphatic carbocycles. The van der Waals surface area contributed by atoms with Gasteiger partial charge in [-0.05, 0) is 37.1 Å². The van der Waals surface area contributed by atoms with E-state index in [2.05, 4.69) is 15.0 Å². The summed E-state index contributed by atoms with van der Waals surface area (Å²) in [4.78, 5) is 14.2. The largest absolute Gasteiger partial charge is 0.381 e. The molecule has 0 radical (unpaired) electrons. The van der Waals surface area contributed by atoms with Gasteiger partial charge in [0, 0.05) is 24.0 Å². The van der Waals surface area contributed by atoms with Crippen LogP contribution in [0.2, 0.25) is 0 Å². The number of aryl methyl sites for hydroxylation is 1. The van der Waals surface area contributed by atoms with Crippen molar-refractivity contribution in [3.63, 3.8) is 0 Å². The van der Waals surface area contributed by atoms with E-state index in [-0.39, 0.29) is 11.3 Å². The van der Waals surface area contributed by atoms with Crippen molar-refractivity contribution in [2.75, 3.05) is 15.8 Å². The van der Waals surface area contributed by atoms with Gasteiger partial charge in [0.2, 0.25) is 10.0 Å². The Balaban J connectivity index is 2.14. The first-order valence-corrected chi connectivity index (χ1v) is 9.08. The van der Waals surface area contributed by atoms with Gasteiger partial charge in [0.25, 0.3) is 5.56 Å². The molecule has 0 aliphatic rings. The molecule has 0 bridgehead atoms.